The molecule has 0 amide bonds. The molecule has 0 radical (unpaired) electrons. The molecular weight excluding hydrogens is 388 g/mol. The van der Waals surface area contributed by atoms with Crippen molar-refractivity contribution in [1.82, 2.24) is 30.0 Å². The van der Waals surface area contributed by atoms with Crippen LogP contribution in [0.15, 0.2) is 77.9 Å². The highest BCUT2D eigenvalue weighted by Crippen LogP contribution is 2.15. The number of para-hydroxylation sites is 1. The van der Waals surface area contributed by atoms with Crippen molar-refractivity contribution < 1.29 is 14.3 Å². The van der Waals surface area contributed by atoms with E-state index in [0.29, 0.717) is 17.2 Å². The zero-order chi connectivity index (χ0) is 20.8. The van der Waals surface area contributed by atoms with Crippen LogP contribution >= 0.6 is 0 Å². The van der Waals surface area contributed by atoms with E-state index in [-0.39, 0.29) is 24.4 Å². The van der Waals surface area contributed by atoms with E-state index in [2.05, 4.69) is 20.6 Å². The molecule has 2 aromatic carbocycles. The Hall–Kier alpha value is -4.34. The third-order valence-electron chi connectivity index (χ3n) is 4.05. The van der Waals surface area contributed by atoms with Gasteiger partial charge in [0.1, 0.15) is 24.4 Å². The van der Waals surface area contributed by atoms with Crippen LogP contribution in [0.5, 0.6) is 11.5 Å². The van der Waals surface area contributed by atoms with Gasteiger partial charge in [-0.15, -0.1) is 5.10 Å². The van der Waals surface area contributed by atoms with Crippen molar-refractivity contribution in [2.45, 2.75) is 6.54 Å². The molecule has 10 heteroatoms. The van der Waals surface area contributed by atoms with Crippen LogP contribution in [0, 0.1) is 0 Å². The van der Waals surface area contributed by atoms with Crippen molar-refractivity contribution in [3.63, 3.8) is 0 Å². The Morgan fingerprint density at radius 2 is 1.73 bits per heavy atom. The number of hydrogen-bond donors (Lipinski definition) is 0. The molecule has 0 atom stereocenters. The van der Waals surface area contributed by atoms with E-state index in [1.807, 2.05) is 30.3 Å². The quantitative estimate of drug-likeness (QED) is 0.336. The molecule has 4 rings (SSSR count). The Labute approximate surface area is 170 Å². The lowest BCUT2D eigenvalue weighted by Crippen LogP contribution is -2.27. The maximum atomic E-state index is 12.4. The van der Waals surface area contributed by atoms with Crippen LogP contribution in [0.4, 0.5) is 0 Å². The Morgan fingerprint density at radius 3 is 2.47 bits per heavy atom. The van der Waals surface area contributed by atoms with Gasteiger partial charge in [0.25, 0.3) is 5.56 Å². The minimum absolute atomic E-state index is 0.0128. The molecule has 4 aromatic rings. The second-order valence-corrected chi connectivity index (χ2v) is 6.08. The van der Waals surface area contributed by atoms with E-state index in [9.17, 15) is 9.59 Å². The van der Waals surface area contributed by atoms with Crippen LogP contribution in [-0.2, 0) is 6.54 Å². The first-order chi connectivity index (χ1) is 14.7. The minimum atomic E-state index is -0.678. The van der Waals surface area contributed by atoms with Crippen molar-refractivity contribution in [2.24, 2.45) is 0 Å². The summed E-state index contributed by atoms with van der Waals surface area (Å²) < 4.78 is 13.5. The summed E-state index contributed by atoms with van der Waals surface area (Å²) in [5.41, 5.74) is 0.387. The van der Waals surface area contributed by atoms with Crippen molar-refractivity contribution in [3.05, 3.63) is 89.1 Å². The monoisotopic (exact) mass is 404 g/mol. The summed E-state index contributed by atoms with van der Waals surface area (Å²) in [5.74, 6) is 0.331. The number of hydrogen-bond acceptors (Lipinski definition) is 8. The molecule has 0 aliphatic heterocycles. The summed E-state index contributed by atoms with van der Waals surface area (Å²) in [6.07, 6.45) is 1.45. The van der Waals surface area contributed by atoms with Gasteiger partial charge in [-0.05, 0) is 52.9 Å². The maximum absolute atomic E-state index is 12.4. The lowest BCUT2D eigenvalue weighted by Gasteiger charge is -2.09. The number of aromatic nitrogens is 6. The summed E-state index contributed by atoms with van der Waals surface area (Å²) in [4.78, 5) is 24.4. The smallest absolute Gasteiger partial charge is 0.364 e. The van der Waals surface area contributed by atoms with Gasteiger partial charge in [-0.1, -0.05) is 18.2 Å². The molecule has 0 unspecified atom stereocenters. The van der Waals surface area contributed by atoms with Crippen LogP contribution in [0.2, 0.25) is 0 Å². The van der Waals surface area contributed by atoms with Gasteiger partial charge in [0, 0.05) is 6.07 Å². The zero-order valence-corrected chi connectivity index (χ0v) is 15.7. The number of carbonyl (C=O) groups is 1. The maximum Gasteiger partial charge on any atom is 0.364 e. The average molecular weight is 404 g/mol. The number of nitrogens with zero attached hydrogens (tertiary/aromatic N) is 6. The van der Waals surface area contributed by atoms with Gasteiger partial charge < -0.3 is 9.47 Å². The molecule has 30 heavy (non-hydrogen) atoms. The van der Waals surface area contributed by atoms with E-state index in [0.717, 1.165) is 0 Å². The molecule has 0 N–H and O–H groups in total. The third kappa shape index (κ3) is 4.55. The normalized spacial score (nSPS) is 10.5. The van der Waals surface area contributed by atoms with Crippen molar-refractivity contribution in [3.8, 4) is 17.2 Å². The summed E-state index contributed by atoms with van der Waals surface area (Å²) >= 11 is 0. The first-order valence-corrected chi connectivity index (χ1v) is 9.01. The van der Waals surface area contributed by atoms with Gasteiger partial charge >= 0.3 is 5.97 Å². The van der Waals surface area contributed by atoms with Crippen LogP contribution in [-0.4, -0.2) is 42.6 Å². The van der Waals surface area contributed by atoms with Gasteiger partial charge in [0.2, 0.25) is 0 Å². The number of esters is 1. The summed E-state index contributed by atoms with van der Waals surface area (Å²) in [6, 6.07) is 18.4. The van der Waals surface area contributed by atoms with Crippen LogP contribution in [0.3, 0.4) is 0 Å². The number of rotatable bonds is 7. The predicted molar refractivity (Wildman–Crippen MR) is 105 cm³/mol. The second-order valence-electron chi connectivity index (χ2n) is 6.08. The minimum Gasteiger partial charge on any atom is -0.492 e. The standard InChI is InChI=1S/C20H16N6O4/c27-19-11-10-18(22-25(19)12-13-29-16-4-2-1-3-5-16)20(28)30-17-8-6-15(7-9-17)26-14-21-23-24-26/h1-11,14H,12-13H2. The topological polar surface area (TPSA) is 114 Å². The van der Waals surface area contributed by atoms with Gasteiger partial charge in [-0.3, -0.25) is 4.79 Å². The average Bonchev–Trinajstić information content (AvgIpc) is 3.31. The largest absolute Gasteiger partial charge is 0.492 e. The van der Waals surface area contributed by atoms with Crippen molar-refractivity contribution in [2.75, 3.05) is 6.61 Å². The Kier molecular flexibility index (Phi) is 5.56. The number of ether oxygens (including phenoxy) is 2. The second kappa shape index (κ2) is 8.78. The van der Waals surface area contributed by atoms with E-state index in [4.69, 9.17) is 9.47 Å². The van der Waals surface area contributed by atoms with Gasteiger partial charge in [0.05, 0.1) is 12.2 Å². The lowest BCUT2D eigenvalue weighted by atomic mass is 10.3. The predicted octanol–water partition coefficient (Wildman–Crippen LogP) is 1.52. The van der Waals surface area contributed by atoms with E-state index >= 15 is 0 Å². The highest BCUT2D eigenvalue weighted by molar-refractivity contribution is 5.88. The molecule has 150 valence electrons. The molecule has 0 bridgehead atoms. The first-order valence-electron chi connectivity index (χ1n) is 9.01. The molecule has 0 aliphatic rings. The molecule has 0 aliphatic carbocycles. The van der Waals surface area contributed by atoms with Gasteiger partial charge in [0.15, 0.2) is 5.69 Å². The molecule has 0 spiro atoms. The lowest BCUT2D eigenvalue weighted by molar-refractivity contribution is 0.0725. The van der Waals surface area contributed by atoms with E-state index in [1.165, 1.54) is 27.8 Å². The Bertz CT molecular complexity index is 1170. The fraction of sp³-hybridized carbons (Fsp3) is 0.100. The Balaban J connectivity index is 1.40. The number of tetrazole rings is 1. The highest BCUT2D eigenvalue weighted by Gasteiger charge is 2.13. The van der Waals surface area contributed by atoms with Gasteiger partial charge in [-0.25, -0.2) is 14.2 Å². The molecular formula is C20H16N6O4. The number of benzene rings is 2. The van der Waals surface area contributed by atoms with Crippen LogP contribution in [0.25, 0.3) is 5.69 Å². The van der Waals surface area contributed by atoms with Crippen LogP contribution in [0.1, 0.15) is 10.5 Å². The molecule has 0 saturated heterocycles. The number of carbonyl (C=O) groups excluding carboxylic acids is 1. The SMILES string of the molecule is O=C(Oc1ccc(-n2cnnn2)cc1)c1ccc(=O)n(CCOc2ccccc2)n1. The molecule has 2 aromatic heterocycles. The fourth-order valence-corrected chi connectivity index (χ4v) is 2.59. The van der Waals surface area contributed by atoms with E-state index < -0.39 is 5.97 Å². The summed E-state index contributed by atoms with van der Waals surface area (Å²) in [5, 5.41) is 15.0. The molecule has 0 fully saturated rings. The third-order valence-corrected chi connectivity index (χ3v) is 4.05. The van der Waals surface area contributed by atoms with E-state index in [1.54, 1.807) is 24.3 Å². The Morgan fingerprint density at radius 1 is 0.933 bits per heavy atom. The van der Waals surface area contributed by atoms with Gasteiger partial charge in [-0.2, -0.15) is 5.10 Å². The molecule has 2 heterocycles. The van der Waals surface area contributed by atoms with Crippen molar-refractivity contribution in [1.29, 1.82) is 0 Å². The fourth-order valence-electron chi connectivity index (χ4n) is 2.59. The molecule has 10 nitrogen and oxygen atoms in total. The molecule has 0 saturated carbocycles. The highest BCUT2D eigenvalue weighted by atomic mass is 16.5. The summed E-state index contributed by atoms with van der Waals surface area (Å²) in [7, 11) is 0. The summed E-state index contributed by atoms with van der Waals surface area (Å²) in [6.45, 7) is 0.420. The zero-order valence-electron chi connectivity index (χ0n) is 15.7. The van der Waals surface area contributed by atoms with Crippen LogP contribution < -0.4 is 15.0 Å². The first kappa shape index (κ1) is 19.0. The van der Waals surface area contributed by atoms with Crippen molar-refractivity contribution >= 4 is 5.97 Å².